The Morgan fingerprint density at radius 3 is 2.64 bits per heavy atom. The normalized spacial score (nSPS) is 9.64. The van der Waals surface area contributed by atoms with E-state index in [4.69, 9.17) is 10.5 Å². The number of hydrogen-bond acceptors (Lipinski definition) is 3. The molecule has 4 heteroatoms. The Morgan fingerprint density at radius 1 is 1.50 bits per heavy atom. The Hall–Kier alpha value is -1.71. The van der Waals surface area contributed by atoms with Gasteiger partial charge in [0.2, 0.25) is 5.91 Å². The third-order valence-electron chi connectivity index (χ3n) is 1.88. The Bertz CT molecular complexity index is 361. The minimum Gasteiger partial charge on any atom is -0.496 e. The lowest BCUT2D eigenvalue weighted by Crippen LogP contribution is -2.08. The molecule has 0 aliphatic heterocycles. The van der Waals surface area contributed by atoms with Gasteiger partial charge in [0.1, 0.15) is 5.75 Å². The molecule has 0 atom stereocenters. The van der Waals surface area contributed by atoms with Crippen LogP contribution in [0.3, 0.4) is 0 Å². The maximum atomic E-state index is 10.8. The summed E-state index contributed by atoms with van der Waals surface area (Å²) in [5.74, 6) is 0.581. The van der Waals surface area contributed by atoms with Crippen molar-refractivity contribution < 1.29 is 9.53 Å². The topological polar surface area (TPSA) is 64.3 Å². The molecule has 0 bridgehead atoms. The molecule has 0 unspecified atom stereocenters. The van der Waals surface area contributed by atoms with E-state index in [0.29, 0.717) is 11.4 Å². The fourth-order valence-corrected chi connectivity index (χ4v) is 1.22. The fourth-order valence-electron chi connectivity index (χ4n) is 1.22. The third-order valence-corrected chi connectivity index (χ3v) is 1.88. The van der Waals surface area contributed by atoms with Gasteiger partial charge in [0.05, 0.1) is 18.5 Å². The van der Waals surface area contributed by atoms with Crippen LogP contribution < -0.4 is 15.8 Å². The summed E-state index contributed by atoms with van der Waals surface area (Å²) in [6.07, 6.45) is 0. The van der Waals surface area contributed by atoms with Crippen molar-refractivity contribution in [3.8, 4) is 5.75 Å². The van der Waals surface area contributed by atoms with Crippen LogP contribution in [0.25, 0.3) is 0 Å². The fraction of sp³-hybridized carbons (Fsp3) is 0.300. The first-order valence-electron chi connectivity index (χ1n) is 4.26. The van der Waals surface area contributed by atoms with Gasteiger partial charge in [-0.2, -0.15) is 0 Å². The van der Waals surface area contributed by atoms with Crippen molar-refractivity contribution in [2.45, 2.75) is 13.8 Å². The van der Waals surface area contributed by atoms with Crippen LogP contribution in [-0.4, -0.2) is 13.0 Å². The number of carbonyl (C=O) groups excluding carboxylic acids is 1. The Kier molecular flexibility index (Phi) is 2.96. The molecule has 1 aromatic rings. The van der Waals surface area contributed by atoms with Crippen molar-refractivity contribution in [2.24, 2.45) is 0 Å². The molecule has 3 N–H and O–H groups in total. The number of carbonyl (C=O) groups is 1. The van der Waals surface area contributed by atoms with Crippen LogP contribution in [0.4, 0.5) is 11.4 Å². The zero-order valence-corrected chi connectivity index (χ0v) is 8.55. The average molecular weight is 194 g/mol. The lowest BCUT2D eigenvalue weighted by Gasteiger charge is -2.10. The summed E-state index contributed by atoms with van der Waals surface area (Å²) in [6.45, 7) is 3.34. The Balaban J connectivity index is 3.08. The molecule has 0 fully saturated rings. The number of ether oxygens (including phenoxy) is 1. The molecule has 0 aromatic heterocycles. The van der Waals surface area contributed by atoms with Gasteiger partial charge in [-0.15, -0.1) is 0 Å². The van der Waals surface area contributed by atoms with Crippen LogP contribution in [0.1, 0.15) is 12.5 Å². The van der Waals surface area contributed by atoms with Gasteiger partial charge < -0.3 is 15.8 Å². The highest BCUT2D eigenvalue weighted by Gasteiger charge is 2.05. The van der Waals surface area contributed by atoms with Crippen molar-refractivity contribution >= 4 is 17.3 Å². The number of hydrogen-bond donors (Lipinski definition) is 2. The molecular formula is C10H14N2O2. The summed E-state index contributed by atoms with van der Waals surface area (Å²) >= 11 is 0. The number of benzene rings is 1. The van der Waals surface area contributed by atoms with Crippen molar-refractivity contribution in [3.63, 3.8) is 0 Å². The van der Waals surface area contributed by atoms with E-state index in [-0.39, 0.29) is 5.91 Å². The van der Waals surface area contributed by atoms with Gasteiger partial charge in [0.15, 0.2) is 0 Å². The molecule has 1 aromatic carbocycles. The van der Waals surface area contributed by atoms with Crippen molar-refractivity contribution in [1.29, 1.82) is 0 Å². The third kappa shape index (κ3) is 2.16. The van der Waals surface area contributed by atoms with Gasteiger partial charge in [-0.25, -0.2) is 0 Å². The minimum atomic E-state index is -0.138. The van der Waals surface area contributed by atoms with Gasteiger partial charge in [-0.1, -0.05) is 0 Å². The van der Waals surface area contributed by atoms with Crippen molar-refractivity contribution in [1.82, 2.24) is 0 Å². The minimum absolute atomic E-state index is 0.138. The first-order chi connectivity index (χ1) is 6.54. The number of amides is 1. The second kappa shape index (κ2) is 4.00. The first kappa shape index (κ1) is 10.4. The standard InChI is InChI=1S/C10H14N2O2/c1-6-4-9(12-7(2)13)8(11)5-10(6)14-3/h4-5H,11H2,1-3H3,(H,12,13). The molecule has 14 heavy (non-hydrogen) atoms. The summed E-state index contributed by atoms with van der Waals surface area (Å²) in [5.41, 5.74) is 7.78. The molecule has 0 aliphatic rings. The summed E-state index contributed by atoms with van der Waals surface area (Å²) in [5, 5.41) is 2.65. The molecular weight excluding hydrogens is 180 g/mol. The Morgan fingerprint density at radius 2 is 2.14 bits per heavy atom. The molecule has 0 spiro atoms. The molecule has 0 saturated heterocycles. The number of nitrogen functional groups attached to an aromatic ring is 1. The van der Waals surface area contributed by atoms with E-state index >= 15 is 0 Å². The monoisotopic (exact) mass is 194 g/mol. The predicted octanol–water partition coefficient (Wildman–Crippen LogP) is 1.54. The molecule has 1 rings (SSSR count). The Labute approximate surface area is 83.1 Å². The van der Waals surface area contributed by atoms with E-state index in [0.717, 1.165) is 11.3 Å². The summed E-state index contributed by atoms with van der Waals surface area (Å²) in [6, 6.07) is 3.48. The van der Waals surface area contributed by atoms with E-state index < -0.39 is 0 Å². The van der Waals surface area contributed by atoms with E-state index in [1.54, 1.807) is 19.2 Å². The van der Waals surface area contributed by atoms with Crippen molar-refractivity contribution in [3.05, 3.63) is 17.7 Å². The van der Waals surface area contributed by atoms with E-state index in [9.17, 15) is 4.79 Å². The van der Waals surface area contributed by atoms with Gasteiger partial charge in [-0.3, -0.25) is 4.79 Å². The second-order valence-electron chi connectivity index (χ2n) is 3.09. The van der Waals surface area contributed by atoms with Crippen LogP contribution in [0.2, 0.25) is 0 Å². The van der Waals surface area contributed by atoms with E-state index in [1.807, 2.05) is 6.92 Å². The molecule has 0 saturated carbocycles. The lowest BCUT2D eigenvalue weighted by molar-refractivity contribution is -0.114. The molecule has 0 aliphatic carbocycles. The zero-order chi connectivity index (χ0) is 10.7. The predicted molar refractivity (Wildman–Crippen MR) is 56.4 cm³/mol. The lowest BCUT2D eigenvalue weighted by atomic mass is 10.1. The van der Waals surface area contributed by atoms with E-state index in [2.05, 4.69) is 5.32 Å². The zero-order valence-electron chi connectivity index (χ0n) is 8.55. The quantitative estimate of drug-likeness (QED) is 0.702. The number of aryl methyl sites for hydroxylation is 1. The van der Waals surface area contributed by atoms with Gasteiger partial charge in [-0.05, 0) is 18.6 Å². The molecule has 0 radical (unpaired) electrons. The number of nitrogens with one attached hydrogen (secondary N) is 1. The van der Waals surface area contributed by atoms with Crippen LogP contribution in [0.5, 0.6) is 5.75 Å². The highest BCUT2D eigenvalue weighted by Crippen LogP contribution is 2.28. The average Bonchev–Trinajstić information content (AvgIpc) is 2.10. The molecule has 0 heterocycles. The SMILES string of the molecule is COc1cc(N)c(NC(C)=O)cc1C. The van der Waals surface area contributed by atoms with Gasteiger partial charge in [0, 0.05) is 13.0 Å². The smallest absolute Gasteiger partial charge is 0.221 e. The van der Waals surface area contributed by atoms with Gasteiger partial charge in [0.25, 0.3) is 0 Å². The summed E-state index contributed by atoms with van der Waals surface area (Å²) in [4.78, 5) is 10.8. The summed E-state index contributed by atoms with van der Waals surface area (Å²) in [7, 11) is 1.58. The number of nitrogens with two attached hydrogens (primary N) is 1. The first-order valence-corrected chi connectivity index (χ1v) is 4.26. The number of anilines is 2. The highest BCUT2D eigenvalue weighted by atomic mass is 16.5. The summed E-state index contributed by atoms with van der Waals surface area (Å²) < 4.78 is 5.09. The maximum absolute atomic E-state index is 10.8. The molecule has 4 nitrogen and oxygen atoms in total. The second-order valence-corrected chi connectivity index (χ2v) is 3.09. The molecule has 76 valence electrons. The number of rotatable bonds is 2. The van der Waals surface area contributed by atoms with Crippen LogP contribution in [0.15, 0.2) is 12.1 Å². The van der Waals surface area contributed by atoms with Crippen LogP contribution >= 0.6 is 0 Å². The van der Waals surface area contributed by atoms with Crippen LogP contribution in [0, 0.1) is 6.92 Å². The van der Waals surface area contributed by atoms with E-state index in [1.165, 1.54) is 6.92 Å². The molecule has 1 amide bonds. The largest absolute Gasteiger partial charge is 0.496 e. The maximum Gasteiger partial charge on any atom is 0.221 e. The van der Waals surface area contributed by atoms with Crippen LogP contribution in [-0.2, 0) is 4.79 Å². The van der Waals surface area contributed by atoms with Gasteiger partial charge >= 0.3 is 0 Å². The van der Waals surface area contributed by atoms with Crippen molar-refractivity contribution in [2.75, 3.05) is 18.2 Å². The highest BCUT2D eigenvalue weighted by molar-refractivity contribution is 5.92. The number of methoxy groups -OCH3 is 1.